The molecule has 1 unspecified atom stereocenters. The van der Waals surface area contributed by atoms with Crippen molar-refractivity contribution in [1.82, 2.24) is 25.1 Å². The van der Waals surface area contributed by atoms with Crippen LogP contribution in [0.4, 0.5) is 5.95 Å². The van der Waals surface area contributed by atoms with Crippen LogP contribution in [0.3, 0.4) is 0 Å². The fourth-order valence-electron chi connectivity index (χ4n) is 3.71. The van der Waals surface area contributed by atoms with Crippen molar-refractivity contribution in [2.45, 2.75) is 12.5 Å². The van der Waals surface area contributed by atoms with E-state index >= 15 is 0 Å². The molecule has 5 rings (SSSR count). The molecule has 1 fully saturated rings. The van der Waals surface area contributed by atoms with Gasteiger partial charge in [-0.25, -0.2) is 9.97 Å². The third-order valence-electron chi connectivity index (χ3n) is 5.17. The molecule has 4 aromatic rings. The molecule has 1 saturated heterocycles. The van der Waals surface area contributed by atoms with Crippen molar-refractivity contribution in [2.24, 2.45) is 7.05 Å². The van der Waals surface area contributed by atoms with Crippen LogP contribution >= 0.6 is 0 Å². The molecule has 3 aromatic heterocycles. The van der Waals surface area contributed by atoms with E-state index in [0.717, 1.165) is 29.6 Å². The molecule has 0 radical (unpaired) electrons. The second-order valence-electron chi connectivity index (χ2n) is 7.19. The molecule has 8 heteroatoms. The lowest BCUT2D eigenvalue weighted by Gasteiger charge is -2.17. The highest BCUT2D eigenvalue weighted by Gasteiger charge is 2.27. The molecule has 0 saturated carbocycles. The van der Waals surface area contributed by atoms with E-state index in [1.54, 1.807) is 29.4 Å². The number of aromatic nitrogens is 4. The first-order valence-electron chi connectivity index (χ1n) is 9.51. The number of carbonyl (C=O) groups is 1. The summed E-state index contributed by atoms with van der Waals surface area (Å²) in [5.74, 6) is 0.540. The van der Waals surface area contributed by atoms with E-state index in [9.17, 15) is 4.79 Å². The smallest absolute Gasteiger partial charge is 0.255 e. The van der Waals surface area contributed by atoms with Gasteiger partial charge in [0.05, 0.1) is 23.7 Å². The fourth-order valence-corrected chi connectivity index (χ4v) is 3.71. The monoisotopic (exact) mass is 388 g/mol. The molecular weight excluding hydrogens is 368 g/mol. The Labute approximate surface area is 167 Å². The Kier molecular flexibility index (Phi) is 4.23. The Hall–Kier alpha value is -3.68. The Morgan fingerprint density at radius 2 is 2.21 bits per heavy atom. The van der Waals surface area contributed by atoms with Gasteiger partial charge in [0.1, 0.15) is 5.58 Å². The average Bonchev–Trinajstić information content (AvgIpc) is 3.48. The van der Waals surface area contributed by atoms with Crippen LogP contribution in [0.5, 0.6) is 0 Å². The summed E-state index contributed by atoms with van der Waals surface area (Å²) < 4.78 is 7.23. The number of furan rings is 1. The fraction of sp³-hybridized carbons (Fsp3) is 0.238. The van der Waals surface area contributed by atoms with Crippen LogP contribution in [0, 0.1) is 0 Å². The molecule has 0 aliphatic carbocycles. The second kappa shape index (κ2) is 7.05. The van der Waals surface area contributed by atoms with Crippen LogP contribution in [-0.4, -0.2) is 44.8 Å². The van der Waals surface area contributed by atoms with Crippen molar-refractivity contribution in [1.29, 1.82) is 0 Å². The lowest BCUT2D eigenvalue weighted by atomic mass is 10.1. The Morgan fingerprint density at radius 1 is 1.28 bits per heavy atom. The van der Waals surface area contributed by atoms with Crippen molar-refractivity contribution < 1.29 is 9.21 Å². The quantitative estimate of drug-likeness (QED) is 0.578. The minimum atomic E-state index is -0.123. The first-order chi connectivity index (χ1) is 14.2. The molecule has 29 heavy (non-hydrogen) atoms. The highest BCUT2D eigenvalue weighted by Crippen LogP contribution is 2.23. The summed E-state index contributed by atoms with van der Waals surface area (Å²) in [6.45, 7) is 1.45. The summed E-state index contributed by atoms with van der Waals surface area (Å²) >= 11 is 0. The molecule has 8 nitrogen and oxygen atoms in total. The van der Waals surface area contributed by atoms with Crippen LogP contribution in [0.1, 0.15) is 16.8 Å². The first kappa shape index (κ1) is 17.4. The van der Waals surface area contributed by atoms with Gasteiger partial charge in [0.15, 0.2) is 0 Å². The minimum absolute atomic E-state index is 0.0263. The molecule has 1 aliphatic rings. The minimum Gasteiger partial charge on any atom is -0.464 e. The van der Waals surface area contributed by atoms with Crippen LogP contribution in [0.15, 0.2) is 59.6 Å². The third kappa shape index (κ3) is 3.33. The maximum Gasteiger partial charge on any atom is 0.255 e. The number of benzene rings is 1. The predicted octanol–water partition coefficient (Wildman–Crippen LogP) is 2.63. The zero-order chi connectivity index (χ0) is 19.8. The highest BCUT2D eigenvalue weighted by molar-refractivity contribution is 6.05. The number of aryl methyl sites for hydroxylation is 1. The third-order valence-corrected chi connectivity index (χ3v) is 5.17. The van der Waals surface area contributed by atoms with E-state index in [4.69, 9.17) is 4.42 Å². The number of hydrogen-bond acceptors (Lipinski definition) is 6. The molecule has 1 amide bonds. The van der Waals surface area contributed by atoms with E-state index in [1.807, 2.05) is 37.5 Å². The van der Waals surface area contributed by atoms with Gasteiger partial charge in [0.2, 0.25) is 5.95 Å². The van der Waals surface area contributed by atoms with Crippen LogP contribution < -0.4 is 10.2 Å². The van der Waals surface area contributed by atoms with E-state index in [1.165, 1.54) is 0 Å². The van der Waals surface area contributed by atoms with Gasteiger partial charge in [-0.3, -0.25) is 9.48 Å². The van der Waals surface area contributed by atoms with E-state index in [2.05, 4.69) is 25.3 Å². The Morgan fingerprint density at radius 3 is 3.07 bits per heavy atom. The SMILES string of the molecule is Cn1cc(-c2ccnc(N3CCC(NC(=O)c4cccc5ccoc45)C3)n2)cn1. The zero-order valence-electron chi connectivity index (χ0n) is 15.9. The summed E-state index contributed by atoms with van der Waals surface area (Å²) in [5.41, 5.74) is 2.96. The molecule has 0 spiro atoms. The Balaban J connectivity index is 1.29. The molecule has 0 bridgehead atoms. The highest BCUT2D eigenvalue weighted by atomic mass is 16.3. The van der Waals surface area contributed by atoms with E-state index in [0.29, 0.717) is 23.6 Å². The normalized spacial score (nSPS) is 16.4. The summed E-state index contributed by atoms with van der Waals surface area (Å²) in [4.78, 5) is 24.0. The van der Waals surface area contributed by atoms with Gasteiger partial charge in [-0.15, -0.1) is 0 Å². The molecule has 1 aliphatic heterocycles. The molecule has 1 N–H and O–H groups in total. The molecule has 146 valence electrons. The van der Waals surface area contributed by atoms with E-state index in [-0.39, 0.29) is 11.9 Å². The number of carbonyl (C=O) groups excluding carboxylic acids is 1. The maximum atomic E-state index is 12.8. The lowest BCUT2D eigenvalue weighted by Crippen LogP contribution is -2.37. The average molecular weight is 388 g/mol. The topological polar surface area (TPSA) is 89.1 Å². The van der Waals surface area contributed by atoms with Crippen LogP contribution in [-0.2, 0) is 7.05 Å². The number of para-hydroxylation sites is 1. The standard InChI is InChI=1S/C21H20N6O2/c1-26-12-15(11-23-26)18-5-8-22-21(25-18)27-9-6-16(13-27)24-20(28)17-4-2-3-14-7-10-29-19(14)17/h2-5,7-8,10-12,16H,6,9,13H2,1H3,(H,24,28). The maximum absolute atomic E-state index is 12.8. The van der Waals surface area contributed by atoms with Crippen LogP contribution in [0.2, 0.25) is 0 Å². The summed E-state index contributed by atoms with van der Waals surface area (Å²) in [6.07, 6.45) is 7.91. The Bertz CT molecular complexity index is 1180. The van der Waals surface area contributed by atoms with Crippen LogP contribution in [0.25, 0.3) is 22.2 Å². The summed E-state index contributed by atoms with van der Waals surface area (Å²) in [7, 11) is 1.88. The van der Waals surface area contributed by atoms with Crippen molar-refractivity contribution in [3.8, 4) is 11.3 Å². The number of hydrogen-bond donors (Lipinski definition) is 1. The first-order valence-corrected chi connectivity index (χ1v) is 9.51. The van der Waals surface area contributed by atoms with Crippen molar-refractivity contribution in [2.75, 3.05) is 18.0 Å². The lowest BCUT2D eigenvalue weighted by molar-refractivity contribution is 0.0941. The van der Waals surface area contributed by atoms with Gasteiger partial charge >= 0.3 is 0 Å². The number of nitrogens with one attached hydrogen (secondary N) is 1. The van der Waals surface area contributed by atoms with Gasteiger partial charge < -0.3 is 14.6 Å². The number of fused-ring (bicyclic) bond motifs is 1. The molecular formula is C21H20N6O2. The van der Waals surface area contributed by atoms with Crippen molar-refractivity contribution in [3.63, 3.8) is 0 Å². The van der Waals surface area contributed by atoms with Gasteiger partial charge in [-0.1, -0.05) is 12.1 Å². The van der Waals surface area contributed by atoms with Gasteiger partial charge in [0, 0.05) is 49.5 Å². The predicted molar refractivity (Wildman–Crippen MR) is 109 cm³/mol. The molecule has 1 atom stereocenters. The van der Waals surface area contributed by atoms with Gasteiger partial charge in [0.25, 0.3) is 5.91 Å². The molecule has 4 heterocycles. The summed E-state index contributed by atoms with van der Waals surface area (Å²) in [5, 5.41) is 8.24. The zero-order valence-corrected chi connectivity index (χ0v) is 15.9. The van der Waals surface area contributed by atoms with Crippen molar-refractivity contribution in [3.05, 3.63) is 60.7 Å². The van der Waals surface area contributed by atoms with Gasteiger partial charge in [-0.2, -0.15) is 5.10 Å². The largest absolute Gasteiger partial charge is 0.464 e. The van der Waals surface area contributed by atoms with Gasteiger partial charge in [-0.05, 0) is 24.6 Å². The van der Waals surface area contributed by atoms with E-state index < -0.39 is 0 Å². The summed E-state index contributed by atoms with van der Waals surface area (Å²) in [6, 6.07) is 9.34. The number of anilines is 1. The number of amides is 1. The van der Waals surface area contributed by atoms with Crippen molar-refractivity contribution >= 4 is 22.8 Å². The second-order valence-corrected chi connectivity index (χ2v) is 7.19. The number of nitrogens with zero attached hydrogens (tertiary/aromatic N) is 5. The number of rotatable bonds is 4. The molecule has 1 aromatic carbocycles.